The molecule has 0 bridgehead atoms. The average Bonchev–Trinajstić information content (AvgIpc) is 2.44. The molecular formula is C16H21Cl2NO4. The maximum Gasteiger partial charge on any atom is 0.306 e. The number of ether oxygens (including phenoxy) is 2. The van der Waals surface area contributed by atoms with Gasteiger partial charge in [0.1, 0.15) is 5.75 Å². The lowest BCUT2D eigenvalue weighted by molar-refractivity contribution is -0.155. The maximum absolute atomic E-state index is 11.7. The summed E-state index contributed by atoms with van der Waals surface area (Å²) in [4.78, 5) is 23.3. The first-order valence-electron chi connectivity index (χ1n) is 7.37. The highest BCUT2D eigenvalue weighted by Gasteiger charge is 2.18. The number of carbonyl (C=O) groups excluding carboxylic acids is 2. The molecule has 0 saturated carbocycles. The molecule has 1 N–H and O–H groups in total. The zero-order valence-electron chi connectivity index (χ0n) is 13.4. The molecule has 5 nitrogen and oxygen atoms in total. The lowest BCUT2D eigenvalue weighted by Crippen LogP contribution is -2.39. The van der Waals surface area contributed by atoms with E-state index in [4.69, 9.17) is 32.7 Å². The number of hydrogen-bond donors (Lipinski definition) is 1. The molecule has 128 valence electrons. The van der Waals surface area contributed by atoms with E-state index in [9.17, 15) is 9.59 Å². The van der Waals surface area contributed by atoms with E-state index in [1.807, 2.05) is 13.8 Å². The minimum atomic E-state index is -0.809. The van der Waals surface area contributed by atoms with Crippen LogP contribution in [0.3, 0.4) is 0 Å². The van der Waals surface area contributed by atoms with Crippen molar-refractivity contribution >= 4 is 35.1 Å². The second-order valence-electron chi connectivity index (χ2n) is 5.32. The van der Waals surface area contributed by atoms with Crippen molar-refractivity contribution in [2.45, 2.75) is 45.8 Å². The van der Waals surface area contributed by atoms with E-state index in [0.717, 1.165) is 0 Å². The Bertz CT molecular complexity index is 549. The van der Waals surface area contributed by atoms with Crippen molar-refractivity contribution in [3.8, 4) is 5.75 Å². The van der Waals surface area contributed by atoms with Crippen LogP contribution in [0.2, 0.25) is 10.0 Å². The van der Waals surface area contributed by atoms with E-state index in [0.29, 0.717) is 28.8 Å². The number of rotatable bonds is 8. The molecular weight excluding hydrogens is 341 g/mol. The van der Waals surface area contributed by atoms with Gasteiger partial charge in [-0.1, -0.05) is 23.2 Å². The van der Waals surface area contributed by atoms with Gasteiger partial charge in [0.2, 0.25) is 0 Å². The summed E-state index contributed by atoms with van der Waals surface area (Å²) in [6.07, 6.45) is -0.197. The summed E-state index contributed by atoms with van der Waals surface area (Å²) in [6.45, 7) is 5.53. The van der Waals surface area contributed by atoms with Gasteiger partial charge in [-0.05, 0) is 45.4 Å². The first-order valence-corrected chi connectivity index (χ1v) is 8.13. The monoisotopic (exact) mass is 361 g/mol. The van der Waals surface area contributed by atoms with Crippen LogP contribution in [0.1, 0.15) is 33.6 Å². The van der Waals surface area contributed by atoms with Crippen LogP contribution in [-0.4, -0.2) is 30.6 Å². The highest BCUT2D eigenvalue weighted by molar-refractivity contribution is 6.35. The fourth-order valence-electron chi connectivity index (χ4n) is 1.70. The number of halogens is 2. The number of amides is 1. The van der Waals surface area contributed by atoms with Crippen LogP contribution in [0.5, 0.6) is 5.75 Å². The van der Waals surface area contributed by atoms with Crippen LogP contribution in [0.15, 0.2) is 18.2 Å². The summed E-state index contributed by atoms with van der Waals surface area (Å²) in [5.74, 6) is -0.242. The first-order chi connectivity index (χ1) is 10.8. The Balaban J connectivity index is 2.27. The highest BCUT2D eigenvalue weighted by atomic mass is 35.5. The van der Waals surface area contributed by atoms with Gasteiger partial charge >= 0.3 is 5.97 Å². The lowest BCUT2D eigenvalue weighted by Gasteiger charge is -2.15. The Labute approximate surface area is 146 Å². The van der Waals surface area contributed by atoms with Crippen LogP contribution in [0, 0.1) is 0 Å². The minimum Gasteiger partial charge on any atom is -0.492 e. The Morgan fingerprint density at radius 2 is 1.91 bits per heavy atom. The Kier molecular flexibility index (Phi) is 8.20. The number of hydrogen-bond acceptors (Lipinski definition) is 4. The van der Waals surface area contributed by atoms with E-state index in [1.165, 1.54) is 0 Å². The van der Waals surface area contributed by atoms with Gasteiger partial charge in [0.15, 0.2) is 6.10 Å². The van der Waals surface area contributed by atoms with Crippen LogP contribution in [0.4, 0.5) is 0 Å². The summed E-state index contributed by atoms with van der Waals surface area (Å²) in [5.41, 5.74) is 0. The van der Waals surface area contributed by atoms with Gasteiger partial charge in [-0.2, -0.15) is 0 Å². The molecule has 1 rings (SSSR count). The van der Waals surface area contributed by atoms with Crippen LogP contribution < -0.4 is 10.1 Å². The molecule has 7 heteroatoms. The third kappa shape index (κ3) is 7.57. The summed E-state index contributed by atoms with van der Waals surface area (Å²) < 4.78 is 10.5. The van der Waals surface area contributed by atoms with E-state index in [1.54, 1.807) is 25.1 Å². The molecule has 1 aromatic carbocycles. The van der Waals surface area contributed by atoms with E-state index in [-0.39, 0.29) is 18.4 Å². The molecule has 23 heavy (non-hydrogen) atoms. The quantitative estimate of drug-likeness (QED) is 0.567. The molecule has 0 fully saturated rings. The Morgan fingerprint density at radius 1 is 1.22 bits per heavy atom. The van der Waals surface area contributed by atoms with Crippen molar-refractivity contribution in [1.82, 2.24) is 5.32 Å². The van der Waals surface area contributed by atoms with Crippen molar-refractivity contribution in [3.63, 3.8) is 0 Å². The maximum atomic E-state index is 11.7. The van der Waals surface area contributed by atoms with Gasteiger partial charge in [0, 0.05) is 17.5 Å². The van der Waals surface area contributed by atoms with E-state index >= 15 is 0 Å². The van der Waals surface area contributed by atoms with Crippen molar-refractivity contribution < 1.29 is 19.1 Å². The van der Waals surface area contributed by atoms with Gasteiger partial charge in [-0.15, -0.1) is 0 Å². The molecule has 0 aromatic heterocycles. The third-order valence-corrected chi connectivity index (χ3v) is 3.32. The molecule has 0 aliphatic carbocycles. The van der Waals surface area contributed by atoms with Crippen LogP contribution >= 0.6 is 23.2 Å². The minimum absolute atomic E-state index is 0.00109. The molecule has 1 amide bonds. The van der Waals surface area contributed by atoms with E-state index < -0.39 is 12.1 Å². The summed E-state index contributed by atoms with van der Waals surface area (Å²) in [5, 5.41) is 3.62. The molecule has 0 radical (unpaired) electrons. The fraction of sp³-hybridized carbons (Fsp3) is 0.500. The van der Waals surface area contributed by atoms with E-state index in [2.05, 4.69) is 5.32 Å². The normalized spacial score (nSPS) is 11.9. The number of nitrogens with one attached hydrogen (secondary N) is 1. The van der Waals surface area contributed by atoms with Crippen molar-refractivity contribution in [3.05, 3.63) is 28.2 Å². The summed E-state index contributed by atoms with van der Waals surface area (Å²) in [7, 11) is 0. The molecule has 0 heterocycles. The average molecular weight is 362 g/mol. The number of esters is 1. The summed E-state index contributed by atoms with van der Waals surface area (Å²) >= 11 is 11.8. The van der Waals surface area contributed by atoms with Gasteiger partial charge in [0.25, 0.3) is 5.91 Å². The molecule has 0 aliphatic rings. The molecule has 1 aromatic rings. The smallest absolute Gasteiger partial charge is 0.306 e. The summed E-state index contributed by atoms with van der Waals surface area (Å²) in [6, 6.07) is 4.93. The lowest BCUT2D eigenvalue weighted by atomic mass is 10.3. The predicted molar refractivity (Wildman–Crippen MR) is 90.0 cm³/mol. The van der Waals surface area contributed by atoms with Crippen molar-refractivity contribution in [2.24, 2.45) is 0 Å². The Morgan fingerprint density at radius 3 is 2.52 bits per heavy atom. The van der Waals surface area contributed by atoms with Crippen molar-refractivity contribution in [2.75, 3.05) is 6.61 Å². The van der Waals surface area contributed by atoms with Gasteiger partial charge in [0.05, 0.1) is 11.6 Å². The molecule has 1 atom stereocenters. The van der Waals surface area contributed by atoms with Gasteiger partial charge in [-0.3, -0.25) is 9.59 Å². The number of benzene rings is 1. The number of carbonyl (C=O) groups is 2. The van der Waals surface area contributed by atoms with Crippen molar-refractivity contribution in [1.29, 1.82) is 0 Å². The SMILES string of the molecule is CC(C)NC(=O)C(C)OC(=O)CCCOc1ccc(Cl)cc1Cl. The highest BCUT2D eigenvalue weighted by Crippen LogP contribution is 2.27. The largest absolute Gasteiger partial charge is 0.492 e. The second kappa shape index (κ2) is 9.63. The zero-order chi connectivity index (χ0) is 17.4. The zero-order valence-corrected chi connectivity index (χ0v) is 14.9. The van der Waals surface area contributed by atoms with Crippen LogP contribution in [0.25, 0.3) is 0 Å². The van der Waals surface area contributed by atoms with Gasteiger partial charge in [-0.25, -0.2) is 0 Å². The third-order valence-electron chi connectivity index (χ3n) is 2.79. The standard InChI is InChI=1S/C16H21Cl2NO4/c1-10(2)19-16(21)11(3)23-15(20)5-4-8-22-14-7-6-12(17)9-13(14)18/h6-7,9-11H,4-5,8H2,1-3H3,(H,19,21). The Hall–Kier alpha value is -1.46. The molecule has 0 aliphatic heterocycles. The molecule has 0 saturated heterocycles. The second-order valence-corrected chi connectivity index (χ2v) is 6.17. The predicted octanol–water partition coefficient (Wildman–Crippen LogP) is 3.61. The first kappa shape index (κ1) is 19.6. The van der Waals surface area contributed by atoms with Crippen LogP contribution in [-0.2, 0) is 14.3 Å². The fourth-order valence-corrected chi connectivity index (χ4v) is 2.17. The topological polar surface area (TPSA) is 64.6 Å². The van der Waals surface area contributed by atoms with Gasteiger partial charge < -0.3 is 14.8 Å². The molecule has 0 spiro atoms. The molecule has 1 unspecified atom stereocenters.